The molecule has 0 amide bonds. The van der Waals surface area contributed by atoms with Crippen LogP contribution in [-0.4, -0.2) is 86.6 Å². The van der Waals surface area contributed by atoms with E-state index in [9.17, 15) is 18.3 Å². The molecule has 1 aliphatic rings. The molecular weight excluding hydrogens is 384 g/mol. The molecule has 1 fully saturated rings. The molecule has 0 spiro atoms. The Morgan fingerprint density at radius 2 is 1.67 bits per heavy atom. The molecule has 0 heterocycles. The Kier molecular flexibility index (Phi) is 8.23. The van der Waals surface area contributed by atoms with E-state index in [-0.39, 0.29) is 44.1 Å². The fourth-order valence-corrected chi connectivity index (χ4v) is 3.45. The van der Waals surface area contributed by atoms with Crippen molar-refractivity contribution in [2.75, 3.05) is 13.2 Å². The second kappa shape index (κ2) is 9.72. The standard InChI is InChI=1S/C18H20B6F3NO2/c19-17(20,21)28(18(22,23)24)8-5-14(29)12-1-2-13(25)15(9-12)30-10-11-3-6-16(26,27)7-4-11/h1-2,9,11,14,29H,3-8,10H2. The topological polar surface area (TPSA) is 32.7 Å². The first-order chi connectivity index (χ1) is 13.7. The van der Waals surface area contributed by atoms with Crippen LogP contribution < -0.4 is 4.74 Å². The molecule has 12 heteroatoms. The number of rotatable bonds is 9. The summed E-state index contributed by atoms with van der Waals surface area (Å²) in [5, 5.41) is 6.61. The Balaban J connectivity index is 1.98. The maximum atomic E-state index is 14.1. The summed E-state index contributed by atoms with van der Waals surface area (Å²) < 4.78 is 46.1. The number of hydrogen-bond acceptors (Lipinski definition) is 3. The van der Waals surface area contributed by atoms with E-state index in [1.54, 1.807) is 0 Å². The van der Waals surface area contributed by atoms with Gasteiger partial charge in [-0.05, 0) is 49.4 Å². The normalized spacial score (nSPS) is 19.0. The molecule has 0 saturated heterocycles. The lowest BCUT2D eigenvalue weighted by Gasteiger charge is -2.49. The predicted octanol–water partition coefficient (Wildman–Crippen LogP) is 0.989. The maximum absolute atomic E-state index is 14.1. The van der Waals surface area contributed by atoms with Crippen LogP contribution in [0.3, 0.4) is 0 Å². The smallest absolute Gasteiger partial charge is 0.248 e. The van der Waals surface area contributed by atoms with E-state index in [1.807, 2.05) is 0 Å². The number of aliphatic hydroxyl groups excluding tert-OH is 1. The summed E-state index contributed by atoms with van der Waals surface area (Å²) in [6, 6.07) is 3.89. The van der Waals surface area contributed by atoms with Gasteiger partial charge in [-0.3, -0.25) is 0 Å². The van der Waals surface area contributed by atoms with Crippen LogP contribution in [0.2, 0.25) is 0 Å². The maximum Gasteiger partial charge on any atom is 0.248 e. The zero-order valence-corrected chi connectivity index (χ0v) is 16.7. The zero-order valence-electron chi connectivity index (χ0n) is 16.7. The summed E-state index contributed by atoms with van der Waals surface area (Å²) in [5.41, 5.74) is 0.356. The minimum absolute atomic E-state index is 0.0312. The molecule has 0 aliphatic heterocycles. The molecule has 30 heavy (non-hydrogen) atoms. The van der Waals surface area contributed by atoms with E-state index in [4.69, 9.17) is 51.8 Å². The lowest BCUT2D eigenvalue weighted by atomic mass is 9.40. The van der Waals surface area contributed by atoms with Crippen LogP contribution >= 0.6 is 0 Å². The molecule has 12 radical (unpaired) electrons. The van der Waals surface area contributed by atoms with Crippen molar-refractivity contribution in [3.63, 3.8) is 0 Å². The van der Waals surface area contributed by atoms with Gasteiger partial charge in [0, 0.05) is 12.8 Å². The summed E-state index contributed by atoms with van der Waals surface area (Å²) in [7, 11) is 33.6. The third-order valence-electron chi connectivity index (χ3n) is 5.21. The third-order valence-corrected chi connectivity index (χ3v) is 5.21. The Bertz CT molecular complexity index is 690. The van der Waals surface area contributed by atoms with Gasteiger partial charge < -0.3 is 14.7 Å². The van der Waals surface area contributed by atoms with Crippen molar-refractivity contribution in [1.29, 1.82) is 0 Å². The second-order valence-electron chi connectivity index (χ2n) is 8.03. The molecule has 2 rings (SSSR count). The molecule has 148 valence electrons. The van der Waals surface area contributed by atoms with Crippen molar-refractivity contribution in [3.8, 4) is 5.75 Å². The fraction of sp³-hybridized carbons (Fsp3) is 0.667. The molecule has 1 unspecified atom stereocenters. The number of aliphatic hydroxyl groups is 1. The predicted molar refractivity (Wildman–Crippen MR) is 115 cm³/mol. The van der Waals surface area contributed by atoms with Gasteiger partial charge in [0.05, 0.1) is 59.8 Å². The molecule has 0 bridgehead atoms. The summed E-state index contributed by atoms with van der Waals surface area (Å²) in [4.78, 5) is 1.00. The monoisotopic (exact) mass is 405 g/mol. The van der Waals surface area contributed by atoms with Gasteiger partial charge in [-0.2, -0.15) is 0 Å². The van der Waals surface area contributed by atoms with E-state index in [0.29, 0.717) is 18.4 Å². The Labute approximate surface area is 184 Å². The lowest BCUT2D eigenvalue weighted by Crippen LogP contribution is -2.63. The molecule has 1 aromatic carbocycles. The number of hydrogen-bond donors (Lipinski definition) is 1. The van der Waals surface area contributed by atoms with Crippen molar-refractivity contribution >= 4 is 47.1 Å². The highest BCUT2D eigenvalue weighted by molar-refractivity contribution is 6.63. The average Bonchev–Trinajstić information content (AvgIpc) is 2.59. The summed E-state index contributed by atoms with van der Waals surface area (Å²) in [6.07, 6.45) is -0.823. The SMILES string of the molecule is [B]C([B])([B])N(CCC(O)c1ccc(F)c(OCC2CCC(F)(F)CC2)c1)C([B])([B])[B]. The highest BCUT2D eigenvalue weighted by atomic mass is 19.3. The molecule has 1 aliphatic carbocycles. The van der Waals surface area contributed by atoms with Crippen molar-refractivity contribution in [2.45, 2.75) is 54.6 Å². The van der Waals surface area contributed by atoms with Crippen molar-refractivity contribution in [1.82, 2.24) is 4.90 Å². The summed E-state index contributed by atoms with van der Waals surface area (Å²) in [6.45, 7) is 0.0599. The summed E-state index contributed by atoms with van der Waals surface area (Å²) in [5.74, 6) is -3.41. The number of ether oxygens (including phenoxy) is 1. The summed E-state index contributed by atoms with van der Waals surface area (Å²) >= 11 is 0. The van der Waals surface area contributed by atoms with Gasteiger partial charge in [0.15, 0.2) is 11.6 Å². The van der Waals surface area contributed by atoms with E-state index < -0.39 is 28.3 Å². The zero-order chi connectivity index (χ0) is 22.7. The van der Waals surface area contributed by atoms with E-state index >= 15 is 0 Å². The van der Waals surface area contributed by atoms with Gasteiger partial charge >= 0.3 is 0 Å². The van der Waals surface area contributed by atoms with Crippen molar-refractivity contribution < 1.29 is 23.0 Å². The van der Waals surface area contributed by atoms with E-state index in [1.165, 1.54) is 12.1 Å². The minimum atomic E-state index is -2.64. The second-order valence-corrected chi connectivity index (χ2v) is 8.03. The largest absolute Gasteiger partial charge is 0.490 e. The highest BCUT2D eigenvalue weighted by Crippen LogP contribution is 2.36. The highest BCUT2D eigenvalue weighted by Gasteiger charge is 2.35. The quantitative estimate of drug-likeness (QED) is 0.624. The van der Waals surface area contributed by atoms with Crippen molar-refractivity contribution in [3.05, 3.63) is 29.6 Å². The third kappa shape index (κ3) is 7.37. The Hall–Kier alpha value is -0.880. The molecular formula is C18H20B6F3NO2. The van der Waals surface area contributed by atoms with Crippen LogP contribution in [0.4, 0.5) is 13.2 Å². The van der Waals surface area contributed by atoms with Gasteiger partial charge in [0.1, 0.15) is 0 Å². The van der Waals surface area contributed by atoms with Gasteiger partial charge in [0.25, 0.3) is 0 Å². The molecule has 1 saturated carbocycles. The van der Waals surface area contributed by atoms with Crippen LogP contribution in [0.1, 0.15) is 43.8 Å². The van der Waals surface area contributed by atoms with Gasteiger partial charge in [-0.1, -0.05) is 16.5 Å². The number of alkyl halides is 2. The molecule has 0 aromatic heterocycles. The van der Waals surface area contributed by atoms with E-state index in [2.05, 4.69) is 0 Å². The molecule has 3 nitrogen and oxygen atoms in total. The molecule has 1 atom stereocenters. The van der Waals surface area contributed by atoms with Crippen LogP contribution in [0, 0.1) is 11.7 Å². The van der Waals surface area contributed by atoms with Crippen molar-refractivity contribution in [2.24, 2.45) is 5.92 Å². The number of nitrogens with zero attached hydrogens (tertiary/aromatic N) is 1. The Morgan fingerprint density at radius 3 is 2.20 bits per heavy atom. The van der Waals surface area contributed by atoms with Gasteiger partial charge in [-0.15, -0.1) is 0 Å². The van der Waals surface area contributed by atoms with Crippen LogP contribution in [0.25, 0.3) is 0 Å². The van der Waals surface area contributed by atoms with Gasteiger partial charge in [-0.25, -0.2) is 13.2 Å². The average molecular weight is 404 g/mol. The molecule has 1 N–H and O–H groups in total. The van der Waals surface area contributed by atoms with Crippen LogP contribution in [0.5, 0.6) is 5.75 Å². The first kappa shape index (κ1) is 25.4. The molecule has 1 aromatic rings. The minimum Gasteiger partial charge on any atom is -0.490 e. The first-order valence-electron chi connectivity index (χ1n) is 9.68. The fourth-order valence-electron chi connectivity index (χ4n) is 3.45. The number of benzene rings is 1. The lowest BCUT2D eigenvalue weighted by molar-refractivity contribution is -0.0499. The van der Waals surface area contributed by atoms with Crippen LogP contribution in [0.15, 0.2) is 18.2 Å². The van der Waals surface area contributed by atoms with Gasteiger partial charge in [0.2, 0.25) is 5.92 Å². The Morgan fingerprint density at radius 1 is 1.10 bits per heavy atom. The van der Waals surface area contributed by atoms with E-state index in [0.717, 1.165) is 11.0 Å². The first-order valence-corrected chi connectivity index (χ1v) is 9.68. The van der Waals surface area contributed by atoms with Crippen LogP contribution in [-0.2, 0) is 0 Å². The number of halogens is 3.